The summed E-state index contributed by atoms with van der Waals surface area (Å²) in [6.07, 6.45) is 4.86. The third kappa shape index (κ3) is 2.69. The minimum absolute atomic E-state index is 0.238. The molecule has 0 amide bonds. The number of aryl methyl sites for hydroxylation is 2. The average Bonchev–Trinajstić information content (AvgIpc) is 3.04. The van der Waals surface area contributed by atoms with Crippen molar-refractivity contribution in [3.8, 4) is 0 Å². The van der Waals surface area contributed by atoms with Crippen LogP contribution in [0.2, 0.25) is 0 Å². The molecule has 0 aliphatic rings. The molecule has 0 fully saturated rings. The zero-order chi connectivity index (χ0) is 14.8. The Hall–Kier alpha value is -2.14. The van der Waals surface area contributed by atoms with Gasteiger partial charge in [0.25, 0.3) is 0 Å². The SMILES string of the molecule is CCNC(Cc1nn(C)c2ccccc12)c1cnn(C)c1. The number of hydrogen-bond donors (Lipinski definition) is 1. The van der Waals surface area contributed by atoms with E-state index < -0.39 is 0 Å². The summed E-state index contributed by atoms with van der Waals surface area (Å²) in [6, 6.07) is 8.61. The molecule has 0 spiro atoms. The summed E-state index contributed by atoms with van der Waals surface area (Å²) in [5.74, 6) is 0. The number of likely N-dealkylation sites (N-methyl/N-ethyl adjacent to an activating group) is 1. The van der Waals surface area contributed by atoms with E-state index in [4.69, 9.17) is 5.10 Å². The normalized spacial score (nSPS) is 12.9. The Morgan fingerprint density at radius 2 is 2.05 bits per heavy atom. The second-order valence-corrected chi connectivity index (χ2v) is 5.35. The van der Waals surface area contributed by atoms with Crippen molar-refractivity contribution in [3.05, 3.63) is 47.9 Å². The molecule has 0 radical (unpaired) electrons. The highest BCUT2D eigenvalue weighted by Crippen LogP contribution is 2.23. The van der Waals surface area contributed by atoms with Crippen LogP contribution in [0, 0.1) is 0 Å². The molecule has 5 nitrogen and oxygen atoms in total. The molecular formula is C16H21N5. The van der Waals surface area contributed by atoms with E-state index in [1.54, 1.807) is 0 Å². The Morgan fingerprint density at radius 3 is 2.76 bits per heavy atom. The molecule has 2 heterocycles. The van der Waals surface area contributed by atoms with Gasteiger partial charge in [0, 0.05) is 43.7 Å². The largest absolute Gasteiger partial charge is 0.310 e. The fourth-order valence-electron chi connectivity index (χ4n) is 2.81. The van der Waals surface area contributed by atoms with Crippen LogP contribution in [0.3, 0.4) is 0 Å². The number of benzene rings is 1. The molecule has 1 aromatic carbocycles. The van der Waals surface area contributed by atoms with Gasteiger partial charge in [-0.3, -0.25) is 9.36 Å². The Balaban J connectivity index is 1.94. The van der Waals surface area contributed by atoms with Gasteiger partial charge >= 0.3 is 0 Å². The molecule has 21 heavy (non-hydrogen) atoms. The molecule has 0 saturated carbocycles. The fraction of sp³-hybridized carbons (Fsp3) is 0.375. The summed E-state index contributed by atoms with van der Waals surface area (Å²) in [6.45, 7) is 3.05. The maximum absolute atomic E-state index is 4.69. The number of para-hydroxylation sites is 1. The lowest BCUT2D eigenvalue weighted by Gasteiger charge is -2.15. The molecule has 3 rings (SSSR count). The summed E-state index contributed by atoms with van der Waals surface area (Å²) in [7, 11) is 3.95. The molecule has 1 N–H and O–H groups in total. The summed E-state index contributed by atoms with van der Waals surface area (Å²) >= 11 is 0. The van der Waals surface area contributed by atoms with E-state index in [2.05, 4.69) is 47.8 Å². The summed E-state index contributed by atoms with van der Waals surface area (Å²) in [5.41, 5.74) is 3.51. The van der Waals surface area contributed by atoms with Crippen LogP contribution in [0.4, 0.5) is 0 Å². The van der Waals surface area contributed by atoms with Crippen molar-refractivity contribution >= 4 is 10.9 Å². The maximum Gasteiger partial charge on any atom is 0.0722 e. The number of aromatic nitrogens is 4. The number of hydrogen-bond acceptors (Lipinski definition) is 3. The molecule has 0 saturated heterocycles. The first-order valence-electron chi connectivity index (χ1n) is 7.31. The number of rotatable bonds is 5. The predicted molar refractivity (Wildman–Crippen MR) is 84.0 cm³/mol. The molecule has 0 aliphatic carbocycles. The molecular weight excluding hydrogens is 262 g/mol. The van der Waals surface area contributed by atoms with Crippen molar-refractivity contribution in [2.45, 2.75) is 19.4 Å². The minimum atomic E-state index is 0.238. The van der Waals surface area contributed by atoms with Crippen LogP contribution in [-0.4, -0.2) is 26.1 Å². The average molecular weight is 283 g/mol. The first-order chi connectivity index (χ1) is 10.2. The third-order valence-corrected chi connectivity index (χ3v) is 3.81. The van der Waals surface area contributed by atoms with E-state index in [0.29, 0.717) is 0 Å². The number of nitrogens with one attached hydrogen (secondary N) is 1. The summed E-state index contributed by atoms with van der Waals surface area (Å²) < 4.78 is 3.80. The monoisotopic (exact) mass is 283 g/mol. The Labute approximate surface area is 124 Å². The van der Waals surface area contributed by atoms with E-state index in [9.17, 15) is 0 Å². The molecule has 0 aliphatic heterocycles. The van der Waals surface area contributed by atoms with Crippen LogP contribution in [0.15, 0.2) is 36.7 Å². The predicted octanol–water partition coefficient (Wildman–Crippen LogP) is 2.20. The second kappa shape index (κ2) is 5.69. The first kappa shape index (κ1) is 13.8. The highest BCUT2D eigenvalue weighted by atomic mass is 15.3. The van der Waals surface area contributed by atoms with Crippen molar-refractivity contribution in [2.24, 2.45) is 14.1 Å². The van der Waals surface area contributed by atoms with Gasteiger partial charge in [0.2, 0.25) is 0 Å². The van der Waals surface area contributed by atoms with Crippen LogP contribution in [0.1, 0.15) is 24.2 Å². The molecule has 5 heteroatoms. The van der Waals surface area contributed by atoms with E-state index in [1.165, 1.54) is 16.5 Å². The lowest BCUT2D eigenvalue weighted by Crippen LogP contribution is -2.23. The molecule has 1 atom stereocenters. The highest BCUT2D eigenvalue weighted by Gasteiger charge is 2.17. The quantitative estimate of drug-likeness (QED) is 0.781. The molecule has 1 unspecified atom stereocenters. The Morgan fingerprint density at radius 1 is 1.24 bits per heavy atom. The smallest absolute Gasteiger partial charge is 0.0722 e. The topological polar surface area (TPSA) is 47.7 Å². The van der Waals surface area contributed by atoms with E-state index in [-0.39, 0.29) is 6.04 Å². The van der Waals surface area contributed by atoms with Crippen molar-refractivity contribution in [1.29, 1.82) is 0 Å². The van der Waals surface area contributed by atoms with Crippen molar-refractivity contribution in [2.75, 3.05) is 6.54 Å². The highest BCUT2D eigenvalue weighted by molar-refractivity contribution is 5.81. The standard InChI is InChI=1S/C16H21N5/c1-4-17-14(12-10-18-20(2)11-12)9-15-13-7-5-6-8-16(13)21(3)19-15/h5-8,10-11,14,17H,4,9H2,1-3H3. The van der Waals surface area contributed by atoms with Gasteiger partial charge in [0.1, 0.15) is 0 Å². The lowest BCUT2D eigenvalue weighted by molar-refractivity contribution is 0.541. The Bertz CT molecular complexity index is 740. The van der Waals surface area contributed by atoms with E-state index in [1.807, 2.05) is 29.7 Å². The van der Waals surface area contributed by atoms with E-state index in [0.717, 1.165) is 18.7 Å². The molecule has 3 aromatic rings. The van der Waals surface area contributed by atoms with Crippen molar-refractivity contribution in [1.82, 2.24) is 24.9 Å². The zero-order valence-corrected chi connectivity index (χ0v) is 12.7. The fourth-order valence-corrected chi connectivity index (χ4v) is 2.81. The molecule has 110 valence electrons. The summed E-state index contributed by atoms with van der Waals surface area (Å²) in [5, 5.41) is 13.7. The van der Waals surface area contributed by atoms with Gasteiger partial charge in [0.05, 0.1) is 17.4 Å². The molecule has 2 aromatic heterocycles. The zero-order valence-electron chi connectivity index (χ0n) is 12.7. The van der Waals surface area contributed by atoms with E-state index >= 15 is 0 Å². The Kier molecular flexibility index (Phi) is 3.75. The van der Waals surface area contributed by atoms with Gasteiger partial charge in [-0.2, -0.15) is 10.2 Å². The van der Waals surface area contributed by atoms with Gasteiger partial charge in [-0.1, -0.05) is 25.1 Å². The van der Waals surface area contributed by atoms with Crippen LogP contribution < -0.4 is 5.32 Å². The van der Waals surface area contributed by atoms with Crippen molar-refractivity contribution in [3.63, 3.8) is 0 Å². The van der Waals surface area contributed by atoms with Gasteiger partial charge in [-0.15, -0.1) is 0 Å². The third-order valence-electron chi connectivity index (χ3n) is 3.81. The molecule has 0 bridgehead atoms. The summed E-state index contributed by atoms with van der Waals surface area (Å²) in [4.78, 5) is 0. The van der Waals surface area contributed by atoms with Gasteiger partial charge in [0.15, 0.2) is 0 Å². The minimum Gasteiger partial charge on any atom is -0.310 e. The van der Waals surface area contributed by atoms with Crippen LogP contribution >= 0.6 is 0 Å². The van der Waals surface area contributed by atoms with Crippen LogP contribution in [0.5, 0.6) is 0 Å². The van der Waals surface area contributed by atoms with Crippen LogP contribution in [-0.2, 0) is 20.5 Å². The van der Waals surface area contributed by atoms with Gasteiger partial charge < -0.3 is 5.32 Å². The van der Waals surface area contributed by atoms with Crippen molar-refractivity contribution < 1.29 is 0 Å². The van der Waals surface area contributed by atoms with Crippen LogP contribution in [0.25, 0.3) is 10.9 Å². The lowest BCUT2D eigenvalue weighted by atomic mass is 10.0. The number of nitrogens with zero attached hydrogens (tertiary/aromatic N) is 4. The van der Waals surface area contributed by atoms with Gasteiger partial charge in [-0.25, -0.2) is 0 Å². The first-order valence-corrected chi connectivity index (χ1v) is 7.31. The maximum atomic E-state index is 4.69. The second-order valence-electron chi connectivity index (χ2n) is 5.35. The van der Waals surface area contributed by atoms with Gasteiger partial charge in [-0.05, 0) is 12.6 Å². The number of fused-ring (bicyclic) bond motifs is 1.